The lowest BCUT2D eigenvalue weighted by molar-refractivity contribution is -0.0971. The summed E-state index contributed by atoms with van der Waals surface area (Å²) in [7, 11) is 1.85. The van der Waals surface area contributed by atoms with Gasteiger partial charge in [-0.1, -0.05) is 26.7 Å². The van der Waals surface area contributed by atoms with Gasteiger partial charge in [-0.05, 0) is 18.8 Å². The Labute approximate surface area is 111 Å². The maximum absolute atomic E-state index is 5.27. The van der Waals surface area contributed by atoms with Gasteiger partial charge in [-0.3, -0.25) is 4.99 Å². The van der Waals surface area contributed by atoms with E-state index in [1.165, 1.54) is 25.7 Å². The van der Waals surface area contributed by atoms with E-state index in [0.29, 0.717) is 6.04 Å². The molecule has 0 bridgehead atoms. The maximum atomic E-state index is 5.27. The van der Waals surface area contributed by atoms with Crippen LogP contribution in [0.3, 0.4) is 0 Å². The molecule has 1 aliphatic heterocycles. The molecule has 1 heterocycles. The van der Waals surface area contributed by atoms with E-state index in [1.807, 2.05) is 7.05 Å². The highest BCUT2D eigenvalue weighted by atomic mass is 16.5. The number of hydrogen-bond donors (Lipinski definition) is 2. The second-order valence-electron chi connectivity index (χ2n) is 6.34. The number of guanidine groups is 1. The fourth-order valence-corrected chi connectivity index (χ4v) is 2.80. The van der Waals surface area contributed by atoms with Gasteiger partial charge in [0.15, 0.2) is 5.96 Å². The van der Waals surface area contributed by atoms with Gasteiger partial charge in [-0.25, -0.2) is 0 Å². The lowest BCUT2D eigenvalue weighted by Crippen LogP contribution is -2.52. The zero-order valence-electron chi connectivity index (χ0n) is 12.0. The normalized spacial score (nSPS) is 31.6. The van der Waals surface area contributed by atoms with Crippen LogP contribution in [0.4, 0.5) is 0 Å². The molecule has 4 heteroatoms. The van der Waals surface area contributed by atoms with Crippen LogP contribution in [0.2, 0.25) is 0 Å². The number of nitrogens with zero attached hydrogens (tertiary/aromatic N) is 1. The number of rotatable bonds is 3. The minimum absolute atomic E-state index is 0.289. The predicted molar refractivity (Wildman–Crippen MR) is 74.8 cm³/mol. The number of hydrogen-bond acceptors (Lipinski definition) is 2. The van der Waals surface area contributed by atoms with Crippen LogP contribution in [0, 0.1) is 11.3 Å². The molecule has 1 saturated carbocycles. The van der Waals surface area contributed by atoms with Gasteiger partial charge >= 0.3 is 0 Å². The first-order valence-corrected chi connectivity index (χ1v) is 7.16. The summed E-state index contributed by atoms with van der Waals surface area (Å²) in [6.07, 6.45) is 5.24. The third-order valence-corrected chi connectivity index (χ3v) is 4.08. The first kappa shape index (κ1) is 13.7. The second-order valence-corrected chi connectivity index (χ2v) is 6.34. The smallest absolute Gasteiger partial charge is 0.191 e. The Morgan fingerprint density at radius 1 is 1.39 bits per heavy atom. The van der Waals surface area contributed by atoms with Crippen molar-refractivity contribution in [3.63, 3.8) is 0 Å². The van der Waals surface area contributed by atoms with Gasteiger partial charge in [0.25, 0.3) is 0 Å². The molecular weight excluding hydrogens is 226 g/mol. The van der Waals surface area contributed by atoms with Gasteiger partial charge in [-0.15, -0.1) is 0 Å². The lowest BCUT2D eigenvalue weighted by Gasteiger charge is -2.38. The topological polar surface area (TPSA) is 45.7 Å². The third kappa shape index (κ3) is 3.61. The molecule has 0 amide bonds. The predicted octanol–water partition coefficient (Wildman–Crippen LogP) is 1.77. The van der Waals surface area contributed by atoms with Crippen LogP contribution in [-0.4, -0.2) is 38.8 Å². The third-order valence-electron chi connectivity index (χ3n) is 4.08. The van der Waals surface area contributed by atoms with Gasteiger partial charge in [-0.2, -0.15) is 0 Å². The van der Waals surface area contributed by atoms with Crippen molar-refractivity contribution < 1.29 is 4.74 Å². The SMILES string of the molecule is CN=C(NCC1(C)COC1)NC1CCCC(C)C1. The van der Waals surface area contributed by atoms with Gasteiger partial charge in [0.2, 0.25) is 0 Å². The molecule has 18 heavy (non-hydrogen) atoms. The Balaban J connectivity index is 1.75. The highest BCUT2D eigenvalue weighted by molar-refractivity contribution is 5.80. The molecule has 0 aromatic carbocycles. The van der Waals surface area contributed by atoms with Crippen LogP contribution in [0.1, 0.15) is 39.5 Å². The lowest BCUT2D eigenvalue weighted by atomic mass is 9.87. The molecule has 2 fully saturated rings. The quantitative estimate of drug-likeness (QED) is 0.595. The molecule has 1 saturated heterocycles. The summed E-state index contributed by atoms with van der Waals surface area (Å²) in [5, 5.41) is 6.99. The van der Waals surface area contributed by atoms with Crippen molar-refractivity contribution in [1.29, 1.82) is 0 Å². The van der Waals surface area contributed by atoms with Crippen LogP contribution < -0.4 is 10.6 Å². The number of aliphatic imine (C=N–C) groups is 1. The summed E-state index contributed by atoms with van der Waals surface area (Å²) < 4.78 is 5.27. The van der Waals surface area contributed by atoms with Crippen molar-refractivity contribution in [2.75, 3.05) is 26.8 Å². The molecule has 0 spiro atoms. The molecule has 2 N–H and O–H groups in total. The summed E-state index contributed by atoms with van der Waals surface area (Å²) in [6, 6.07) is 0.588. The highest BCUT2D eigenvalue weighted by Gasteiger charge is 2.33. The minimum Gasteiger partial charge on any atom is -0.380 e. The summed E-state index contributed by atoms with van der Waals surface area (Å²) in [4.78, 5) is 4.32. The van der Waals surface area contributed by atoms with Crippen LogP contribution >= 0.6 is 0 Å². The first-order valence-electron chi connectivity index (χ1n) is 7.16. The average molecular weight is 253 g/mol. The van der Waals surface area contributed by atoms with E-state index in [2.05, 4.69) is 29.5 Å². The molecule has 4 nitrogen and oxygen atoms in total. The van der Waals surface area contributed by atoms with E-state index in [4.69, 9.17) is 4.74 Å². The fraction of sp³-hybridized carbons (Fsp3) is 0.929. The van der Waals surface area contributed by atoms with Gasteiger partial charge < -0.3 is 15.4 Å². The monoisotopic (exact) mass is 253 g/mol. The Hall–Kier alpha value is -0.770. The van der Waals surface area contributed by atoms with Gasteiger partial charge in [0.05, 0.1) is 13.2 Å². The number of nitrogens with one attached hydrogen (secondary N) is 2. The van der Waals surface area contributed by atoms with Crippen LogP contribution in [0.15, 0.2) is 4.99 Å². The van der Waals surface area contributed by atoms with Crippen LogP contribution in [-0.2, 0) is 4.74 Å². The Morgan fingerprint density at radius 2 is 2.17 bits per heavy atom. The summed E-state index contributed by atoms with van der Waals surface area (Å²) in [5.41, 5.74) is 0.289. The Morgan fingerprint density at radius 3 is 2.72 bits per heavy atom. The fourth-order valence-electron chi connectivity index (χ4n) is 2.80. The van der Waals surface area contributed by atoms with E-state index in [9.17, 15) is 0 Å². The number of ether oxygens (including phenoxy) is 1. The van der Waals surface area contributed by atoms with E-state index >= 15 is 0 Å². The summed E-state index contributed by atoms with van der Waals surface area (Å²) >= 11 is 0. The van der Waals surface area contributed by atoms with E-state index in [0.717, 1.165) is 31.6 Å². The van der Waals surface area contributed by atoms with E-state index < -0.39 is 0 Å². The molecule has 2 unspecified atom stereocenters. The molecule has 104 valence electrons. The molecule has 0 aromatic heterocycles. The van der Waals surface area contributed by atoms with Crippen molar-refractivity contribution in [3.05, 3.63) is 0 Å². The van der Waals surface area contributed by atoms with Crippen LogP contribution in [0.25, 0.3) is 0 Å². The Kier molecular flexibility index (Phi) is 4.49. The zero-order chi connectivity index (χ0) is 13.0. The first-order chi connectivity index (χ1) is 8.61. The molecule has 2 atom stereocenters. The molecule has 2 aliphatic rings. The second kappa shape index (κ2) is 5.91. The van der Waals surface area contributed by atoms with Crippen molar-refractivity contribution in [2.45, 2.75) is 45.6 Å². The average Bonchev–Trinajstić information content (AvgIpc) is 2.32. The van der Waals surface area contributed by atoms with Crippen molar-refractivity contribution in [3.8, 4) is 0 Å². The Bertz CT molecular complexity index is 299. The van der Waals surface area contributed by atoms with E-state index in [-0.39, 0.29) is 5.41 Å². The summed E-state index contributed by atoms with van der Waals surface area (Å²) in [5.74, 6) is 1.79. The van der Waals surface area contributed by atoms with Crippen molar-refractivity contribution in [1.82, 2.24) is 10.6 Å². The van der Waals surface area contributed by atoms with Crippen molar-refractivity contribution in [2.24, 2.45) is 16.3 Å². The maximum Gasteiger partial charge on any atom is 0.191 e. The zero-order valence-corrected chi connectivity index (χ0v) is 12.0. The molecule has 0 radical (unpaired) electrons. The van der Waals surface area contributed by atoms with Crippen LogP contribution in [0.5, 0.6) is 0 Å². The molecule has 2 rings (SSSR count). The standard InChI is InChI=1S/C14H27N3O/c1-11-5-4-6-12(7-11)17-13(15-3)16-8-14(2)9-18-10-14/h11-12H,4-10H2,1-3H3,(H2,15,16,17). The van der Waals surface area contributed by atoms with E-state index in [1.54, 1.807) is 0 Å². The van der Waals surface area contributed by atoms with Gasteiger partial charge in [0, 0.05) is 25.0 Å². The highest BCUT2D eigenvalue weighted by Crippen LogP contribution is 2.25. The van der Waals surface area contributed by atoms with Gasteiger partial charge in [0.1, 0.15) is 0 Å². The molecule has 1 aliphatic carbocycles. The molecular formula is C14H27N3O. The minimum atomic E-state index is 0.289. The van der Waals surface area contributed by atoms with Crippen molar-refractivity contribution >= 4 is 5.96 Å². The summed E-state index contributed by atoms with van der Waals surface area (Å²) in [6.45, 7) is 7.25. The molecule has 0 aromatic rings. The largest absolute Gasteiger partial charge is 0.380 e.